The molecule has 0 spiro atoms. The van der Waals surface area contributed by atoms with Gasteiger partial charge in [-0.15, -0.1) is 0 Å². The summed E-state index contributed by atoms with van der Waals surface area (Å²) in [6, 6.07) is 6.30. The number of hydrogen-bond acceptors (Lipinski definition) is 2. The molecule has 2 aromatic carbocycles. The molecule has 0 aliphatic rings. The van der Waals surface area contributed by atoms with E-state index in [1.807, 2.05) is 0 Å². The lowest BCUT2D eigenvalue weighted by Gasteiger charge is -2.11. The minimum Gasteiger partial charge on any atom is -0.478 e. The van der Waals surface area contributed by atoms with Gasteiger partial charge < -0.3 is 10.2 Å². The molecule has 0 aliphatic carbocycles. The van der Waals surface area contributed by atoms with Crippen LogP contribution in [-0.2, 0) is 0 Å². The summed E-state index contributed by atoms with van der Waals surface area (Å²) in [4.78, 5) is 22.4. The highest BCUT2D eigenvalue weighted by atomic mass is 16.4. The van der Waals surface area contributed by atoms with Crippen molar-refractivity contribution >= 4 is 22.7 Å². The molecule has 0 radical (unpaired) electrons. The van der Waals surface area contributed by atoms with Crippen molar-refractivity contribution in [1.82, 2.24) is 0 Å². The van der Waals surface area contributed by atoms with Gasteiger partial charge >= 0.3 is 11.9 Å². The van der Waals surface area contributed by atoms with Crippen LogP contribution in [0.4, 0.5) is 0 Å². The molecule has 0 amide bonds. The van der Waals surface area contributed by atoms with Crippen LogP contribution in [0, 0.1) is 13.8 Å². The van der Waals surface area contributed by atoms with E-state index in [4.69, 9.17) is 0 Å². The maximum atomic E-state index is 11.2. The van der Waals surface area contributed by atoms with Crippen molar-refractivity contribution in [3.05, 3.63) is 46.5 Å². The number of carboxylic acid groups (broad SMARTS) is 2. The third kappa shape index (κ3) is 1.72. The molecule has 0 bridgehead atoms. The van der Waals surface area contributed by atoms with Crippen LogP contribution < -0.4 is 0 Å². The van der Waals surface area contributed by atoms with Gasteiger partial charge in [0.05, 0.1) is 11.1 Å². The van der Waals surface area contributed by atoms with Gasteiger partial charge in [-0.2, -0.15) is 0 Å². The van der Waals surface area contributed by atoms with Crippen LogP contribution in [0.1, 0.15) is 31.8 Å². The molecule has 0 heterocycles. The molecule has 0 aromatic heterocycles. The monoisotopic (exact) mass is 244 g/mol. The quantitative estimate of drug-likeness (QED) is 0.851. The van der Waals surface area contributed by atoms with Crippen molar-refractivity contribution < 1.29 is 19.8 Å². The molecule has 0 saturated carbocycles. The second-order valence-electron chi connectivity index (χ2n) is 4.22. The second kappa shape index (κ2) is 4.14. The molecular formula is C14H12O4. The zero-order valence-corrected chi connectivity index (χ0v) is 10.0. The Morgan fingerprint density at radius 1 is 0.778 bits per heavy atom. The van der Waals surface area contributed by atoms with Crippen LogP contribution in [0.25, 0.3) is 10.8 Å². The third-order valence-electron chi connectivity index (χ3n) is 3.04. The topological polar surface area (TPSA) is 74.6 Å². The summed E-state index contributed by atoms with van der Waals surface area (Å²) in [6.07, 6.45) is 0. The number of rotatable bonds is 2. The Balaban J connectivity index is 3.05. The Bertz CT molecular complexity index is 613. The average Bonchev–Trinajstić information content (AvgIpc) is 2.32. The SMILES string of the molecule is Cc1ccc(C)c2c(C(=O)O)ccc(C(=O)O)c12. The van der Waals surface area contributed by atoms with E-state index in [1.54, 1.807) is 26.0 Å². The van der Waals surface area contributed by atoms with Gasteiger partial charge in [0.15, 0.2) is 0 Å². The number of carboxylic acids is 2. The van der Waals surface area contributed by atoms with Gasteiger partial charge in [0, 0.05) is 10.8 Å². The van der Waals surface area contributed by atoms with Gasteiger partial charge in [-0.05, 0) is 37.1 Å². The predicted molar refractivity (Wildman–Crippen MR) is 67.3 cm³/mol. The van der Waals surface area contributed by atoms with Gasteiger partial charge in [-0.3, -0.25) is 0 Å². The van der Waals surface area contributed by atoms with E-state index in [1.165, 1.54) is 12.1 Å². The van der Waals surface area contributed by atoms with Gasteiger partial charge in [-0.1, -0.05) is 12.1 Å². The molecule has 2 rings (SSSR count). The molecule has 0 aliphatic heterocycles. The molecule has 0 atom stereocenters. The normalized spacial score (nSPS) is 10.6. The van der Waals surface area contributed by atoms with Crippen molar-refractivity contribution in [3.63, 3.8) is 0 Å². The van der Waals surface area contributed by atoms with E-state index in [2.05, 4.69) is 0 Å². The first-order valence-electron chi connectivity index (χ1n) is 5.43. The van der Waals surface area contributed by atoms with Gasteiger partial charge in [0.1, 0.15) is 0 Å². The van der Waals surface area contributed by atoms with Gasteiger partial charge in [0.25, 0.3) is 0 Å². The minimum atomic E-state index is -1.05. The summed E-state index contributed by atoms with van der Waals surface area (Å²) in [7, 11) is 0. The van der Waals surface area contributed by atoms with E-state index in [-0.39, 0.29) is 11.1 Å². The predicted octanol–water partition coefficient (Wildman–Crippen LogP) is 2.85. The minimum absolute atomic E-state index is 0.135. The van der Waals surface area contributed by atoms with Crippen LogP contribution in [0.2, 0.25) is 0 Å². The van der Waals surface area contributed by atoms with E-state index in [9.17, 15) is 19.8 Å². The number of aryl methyl sites for hydroxylation is 2. The number of fused-ring (bicyclic) bond motifs is 1. The summed E-state index contributed by atoms with van der Waals surface area (Å²) in [5.74, 6) is -2.10. The van der Waals surface area contributed by atoms with Crippen molar-refractivity contribution in [3.8, 4) is 0 Å². The summed E-state index contributed by atoms with van der Waals surface area (Å²) in [5, 5.41) is 19.4. The molecule has 0 fully saturated rings. The van der Waals surface area contributed by atoms with Crippen molar-refractivity contribution in [2.45, 2.75) is 13.8 Å². The number of carbonyl (C=O) groups is 2. The molecule has 0 unspecified atom stereocenters. The maximum absolute atomic E-state index is 11.2. The highest BCUT2D eigenvalue weighted by molar-refractivity contribution is 6.13. The fourth-order valence-electron chi connectivity index (χ4n) is 2.19. The summed E-state index contributed by atoms with van der Waals surface area (Å²) in [5.41, 5.74) is 1.79. The van der Waals surface area contributed by atoms with Crippen LogP contribution in [0.5, 0.6) is 0 Å². The maximum Gasteiger partial charge on any atom is 0.336 e. The van der Waals surface area contributed by atoms with Gasteiger partial charge in [-0.25, -0.2) is 9.59 Å². The van der Waals surface area contributed by atoms with Crippen LogP contribution in [-0.4, -0.2) is 22.2 Å². The van der Waals surface area contributed by atoms with Gasteiger partial charge in [0.2, 0.25) is 0 Å². The molecule has 18 heavy (non-hydrogen) atoms. The smallest absolute Gasteiger partial charge is 0.336 e. The Hall–Kier alpha value is -2.36. The van der Waals surface area contributed by atoms with E-state index in [0.29, 0.717) is 10.8 Å². The van der Waals surface area contributed by atoms with E-state index in [0.717, 1.165) is 11.1 Å². The first kappa shape index (κ1) is 12.1. The molecular weight excluding hydrogens is 232 g/mol. The Kier molecular flexibility index (Phi) is 2.79. The highest BCUT2D eigenvalue weighted by Crippen LogP contribution is 2.29. The van der Waals surface area contributed by atoms with Crippen LogP contribution in [0.15, 0.2) is 24.3 Å². The highest BCUT2D eigenvalue weighted by Gasteiger charge is 2.17. The molecule has 4 heteroatoms. The zero-order valence-electron chi connectivity index (χ0n) is 10.0. The lowest BCUT2D eigenvalue weighted by Crippen LogP contribution is -2.05. The average molecular weight is 244 g/mol. The first-order chi connectivity index (χ1) is 8.43. The third-order valence-corrected chi connectivity index (χ3v) is 3.04. The van der Waals surface area contributed by atoms with E-state index >= 15 is 0 Å². The summed E-state index contributed by atoms with van der Waals surface area (Å²) >= 11 is 0. The fourth-order valence-corrected chi connectivity index (χ4v) is 2.19. The Morgan fingerprint density at radius 2 is 1.11 bits per heavy atom. The molecule has 2 aromatic rings. The lowest BCUT2D eigenvalue weighted by molar-refractivity contribution is 0.0684. The molecule has 4 nitrogen and oxygen atoms in total. The molecule has 92 valence electrons. The van der Waals surface area contributed by atoms with Crippen molar-refractivity contribution in [1.29, 1.82) is 0 Å². The van der Waals surface area contributed by atoms with Crippen molar-refractivity contribution in [2.24, 2.45) is 0 Å². The lowest BCUT2D eigenvalue weighted by atomic mass is 9.93. The van der Waals surface area contributed by atoms with Crippen LogP contribution in [0.3, 0.4) is 0 Å². The van der Waals surface area contributed by atoms with E-state index < -0.39 is 11.9 Å². The van der Waals surface area contributed by atoms with Crippen LogP contribution >= 0.6 is 0 Å². The molecule has 2 N–H and O–H groups in total. The number of benzene rings is 2. The molecule has 0 saturated heterocycles. The summed E-state index contributed by atoms with van der Waals surface area (Å²) < 4.78 is 0. The zero-order chi connectivity index (χ0) is 13.4. The Labute approximate surface area is 103 Å². The number of hydrogen-bond donors (Lipinski definition) is 2. The fraction of sp³-hybridized carbons (Fsp3) is 0.143. The standard InChI is InChI=1S/C14H12O4/c1-7-3-4-8(2)12-10(14(17)18)6-5-9(11(7)12)13(15)16/h3-6H,1-2H3,(H,15,16)(H,17,18). The number of aromatic carboxylic acids is 2. The summed E-state index contributed by atoms with van der Waals surface area (Å²) in [6.45, 7) is 3.56. The second-order valence-corrected chi connectivity index (χ2v) is 4.22. The first-order valence-corrected chi connectivity index (χ1v) is 5.43. The Morgan fingerprint density at radius 3 is 1.39 bits per heavy atom. The largest absolute Gasteiger partial charge is 0.478 e. The van der Waals surface area contributed by atoms with Crippen molar-refractivity contribution in [2.75, 3.05) is 0 Å².